The molecule has 0 amide bonds. The van der Waals surface area contributed by atoms with Gasteiger partial charge in [-0.05, 0) is 71.7 Å². The second-order valence-electron chi connectivity index (χ2n) is 6.18. The summed E-state index contributed by atoms with van der Waals surface area (Å²) in [6, 6.07) is 4.96. The van der Waals surface area contributed by atoms with Crippen LogP contribution in [0.3, 0.4) is 0 Å². The van der Waals surface area contributed by atoms with Crippen molar-refractivity contribution in [2.45, 2.75) is 59.1 Å². The minimum Gasteiger partial charge on any atom is -0.488 e. The molecule has 0 bridgehead atoms. The Morgan fingerprint density at radius 2 is 2.00 bits per heavy atom. The van der Waals surface area contributed by atoms with Crippen molar-refractivity contribution in [3.63, 3.8) is 0 Å². The van der Waals surface area contributed by atoms with Crippen molar-refractivity contribution < 1.29 is 9.13 Å². The number of hydrogen-bond acceptors (Lipinski definition) is 2. The molecular weight excluding hydrogens is 241 g/mol. The molecule has 1 N–H and O–H groups in total. The first-order valence-electron chi connectivity index (χ1n) is 6.96. The van der Waals surface area contributed by atoms with Gasteiger partial charge in [0, 0.05) is 5.54 Å². The van der Waals surface area contributed by atoms with Crippen LogP contribution in [0.25, 0.3) is 0 Å². The Labute approximate surface area is 116 Å². The third kappa shape index (κ3) is 6.58. The molecule has 0 spiro atoms. The van der Waals surface area contributed by atoms with Gasteiger partial charge in [0.25, 0.3) is 0 Å². The van der Waals surface area contributed by atoms with Crippen LogP contribution in [0, 0.1) is 12.7 Å². The van der Waals surface area contributed by atoms with E-state index >= 15 is 0 Å². The highest BCUT2D eigenvalue weighted by Crippen LogP contribution is 2.20. The summed E-state index contributed by atoms with van der Waals surface area (Å²) in [6.07, 6.45) is 1.96. The molecule has 0 aliphatic rings. The van der Waals surface area contributed by atoms with Crippen LogP contribution in [0.5, 0.6) is 5.75 Å². The minimum absolute atomic E-state index is 0.0260. The SMILES string of the molecule is Cc1ccc(F)c(OC(C)CCCNC(C)(C)C)c1. The summed E-state index contributed by atoms with van der Waals surface area (Å²) in [7, 11) is 0. The Bertz CT molecular complexity index is 398. The molecule has 0 aliphatic heterocycles. The van der Waals surface area contributed by atoms with Crippen molar-refractivity contribution in [1.82, 2.24) is 5.32 Å². The molecule has 0 aromatic heterocycles. The maximum atomic E-state index is 13.5. The summed E-state index contributed by atoms with van der Waals surface area (Å²) in [4.78, 5) is 0. The van der Waals surface area contributed by atoms with Gasteiger partial charge < -0.3 is 10.1 Å². The van der Waals surface area contributed by atoms with E-state index in [1.165, 1.54) is 6.07 Å². The summed E-state index contributed by atoms with van der Waals surface area (Å²) < 4.78 is 19.2. The Morgan fingerprint density at radius 1 is 1.32 bits per heavy atom. The highest BCUT2D eigenvalue weighted by Gasteiger charge is 2.10. The van der Waals surface area contributed by atoms with E-state index in [-0.39, 0.29) is 17.5 Å². The third-order valence-corrected chi connectivity index (χ3v) is 2.86. The van der Waals surface area contributed by atoms with Crippen LogP contribution in [0.15, 0.2) is 18.2 Å². The number of hydrogen-bond donors (Lipinski definition) is 1. The molecule has 19 heavy (non-hydrogen) atoms. The topological polar surface area (TPSA) is 21.3 Å². The fourth-order valence-electron chi connectivity index (χ4n) is 1.83. The normalized spacial score (nSPS) is 13.4. The van der Waals surface area contributed by atoms with Crippen LogP contribution in [0.1, 0.15) is 46.1 Å². The molecule has 0 fully saturated rings. The summed E-state index contributed by atoms with van der Waals surface area (Å²) in [5.41, 5.74) is 1.16. The van der Waals surface area contributed by atoms with Gasteiger partial charge in [0.15, 0.2) is 11.6 Å². The lowest BCUT2D eigenvalue weighted by Gasteiger charge is -2.21. The van der Waals surface area contributed by atoms with Gasteiger partial charge in [-0.3, -0.25) is 0 Å². The first kappa shape index (κ1) is 16.0. The maximum absolute atomic E-state index is 13.5. The molecule has 1 aromatic rings. The zero-order valence-corrected chi connectivity index (χ0v) is 12.7. The summed E-state index contributed by atoms with van der Waals surface area (Å²) in [6.45, 7) is 11.3. The summed E-state index contributed by atoms with van der Waals surface area (Å²) >= 11 is 0. The second kappa shape index (κ2) is 6.90. The second-order valence-corrected chi connectivity index (χ2v) is 6.18. The van der Waals surface area contributed by atoms with Crippen molar-refractivity contribution >= 4 is 0 Å². The zero-order valence-electron chi connectivity index (χ0n) is 12.7. The first-order chi connectivity index (χ1) is 8.78. The van der Waals surface area contributed by atoms with Crippen molar-refractivity contribution in [3.8, 4) is 5.75 Å². The van der Waals surface area contributed by atoms with Gasteiger partial charge in [-0.15, -0.1) is 0 Å². The Morgan fingerprint density at radius 3 is 2.63 bits per heavy atom. The molecule has 1 aromatic carbocycles. The first-order valence-corrected chi connectivity index (χ1v) is 6.96. The van der Waals surface area contributed by atoms with Gasteiger partial charge in [0.05, 0.1) is 6.10 Å². The standard InChI is InChI=1S/C16H26FNO/c1-12-8-9-14(17)15(11-12)19-13(2)7-6-10-18-16(3,4)5/h8-9,11,13,18H,6-7,10H2,1-5H3. The van der Waals surface area contributed by atoms with E-state index in [9.17, 15) is 4.39 Å². The van der Waals surface area contributed by atoms with Crippen molar-refractivity contribution in [3.05, 3.63) is 29.6 Å². The average Bonchev–Trinajstić information content (AvgIpc) is 2.28. The molecule has 1 unspecified atom stereocenters. The van der Waals surface area contributed by atoms with Crippen molar-refractivity contribution in [2.24, 2.45) is 0 Å². The van der Waals surface area contributed by atoms with E-state index in [0.29, 0.717) is 5.75 Å². The van der Waals surface area contributed by atoms with E-state index in [4.69, 9.17) is 4.74 Å². The molecule has 1 rings (SSSR count). The Balaban J connectivity index is 2.35. The van der Waals surface area contributed by atoms with Gasteiger partial charge >= 0.3 is 0 Å². The van der Waals surface area contributed by atoms with Crippen LogP contribution in [-0.2, 0) is 0 Å². The Kier molecular flexibility index (Phi) is 5.80. The van der Waals surface area contributed by atoms with Crippen molar-refractivity contribution in [2.75, 3.05) is 6.54 Å². The highest BCUT2D eigenvalue weighted by atomic mass is 19.1. The summed E-state index contributed by atoms with van der Waals surface area (Å²) in [5, 5.41) is 3.43. The lowest BCUT2D eigenvalue weighted by atomic mass is 10.1. The molecule has 0 saturated heterocycles. The molecule has 108 valence electrons. The lowest BCUT2D eigenvalue weighted by Crippen LogP contribution is -2.36. The molecule has 0 heterocycles. The average molecular weight is 267 g/mol. The lowest BCUT2D eigenvalue weighted by molar-refractivity contribution is 0.197. The fourth-order valence-corrected chi connectivity index (χ4v) is 1.83. The monoisotopic (exact) mass is 267 g/mol. The largest absolute Gasteiger partial charge is 0.488 e. The minimum atomic E-state index is -0.287. The van der Waals surface area contributed by atoms with Gasteiger partial charge in [0.2, 0.25) is 0 Å². The molecule has 0 radical (unpaired) electrons. The quantitative estimate of drug-likeness (QED) is 0.784. The number of halogens is 1. The Hall–Kier alpha value is -1.09. The fraction of sp³-hybridized carbons (Fsp3) is 0.625. The molecule has 0 aliphatic carbocycles. The van der Waals surface area contributed by atoms with E-state index in [1.54, 1.807) is 12.1 Å². The smallest absolute Gasteiger partial charge is 0.165 e. The van der Waals surface area contributed by atoms with Crippen molar-refractivity contribution in [1.29, 1.82) is 0 Å². The predicted molar refractivity (Wildman–Crippen MR) is 78.2 cm³/mol. The van der Waals surface area contributed by atoms with E-state index in [1.807, 2.05) is 13.8 Å². The van der Waals surface area contributed by atoms with E-state index in [0.717, 1.165) is 24.9 Å². The van der Waals surface area contributed by atoms with Crippen LogP contribution < -0.4 is 10.1 Å². The highest BCUT2D eigenvalue weighted by molar-refractivity contribution is 5.29. The van der Waals surface area contributed by atoms with E-state index in [2.05, 4.69) is 26.1 Å². The number of nitrogens with one attached hydrogen (secondary N) is 1. The number of ether oxygens (including phenoxy) is 1. The summed E-state index contributed by atoms with van der Waals surface area (Å²) in [5.74, 6) is 0.0709. The maximum Gasteiger partial charge on any atom is 0.165 e. The van der Waals surface area contributed by atoms with Crippen LogP contribution in [-0.4, -0.2) is 18.2 Å². The molecule has 1 atom stereocenters. The number of aryl methyl sites for hydroxylation is 1. The van der Waals surface area contributed by atoms with Gasteiger partial charge in [-0.1, -0.05) is 6.07 Å². The van der Waals surface area contributed by atoms with Gasteiger partial charge in [0.1, 0.15) is 0 Å². The van der Waals surface area contributed by atoms with Crippen LogP contribution in [0.2, 0.25) is 0 Å². The van der Waals surface area contributed by atoms with Crippen LogP contribution >= 0.6 is 0 Å². The third-order valence-electron chi connectivity index (χ3n) is 2.86. The van der Waals surface area contributed by atoms with Gasteiger partial charge in [-0.2, -0.15) is 0 Å². The number of benzene rings is 1. The predicted octanol–water partition coefficient (Wildman–Crippen LogP) is 4.07. The zero-order chi connectivity index (χ0) is 14.5. The molecule has 0 saturated carbocycles. The molecular formula is C16H26FNO. The van der Waals surface area contributed by atoms with Crippen LogP contribution in [0.4, 0.5) is 4.39 Å². The molecule has 2 nitrogen and oxygen atoms in total. The van der Waals surface area contributed by atoms with Gasteiger partial charge in [-0.25, -0.2) is 4.39 Å². The van der Waals surface area contributed by atoms with E-state index < -0.39 is 0 Å². The number of rotatable bonds is 6. The molecule has 3 heteroatoms.